The lowest BCUT2D eigenvalue weighted by atomic mass is 10.0. The molecule has 2 aromatic rings. The second kappa shape index (κ2) is 5.88. The lowest BCUT2D eigenvalue weighted by molar-refractivity contribution is -0.134. The summed E-state index contributed by atoms with van der Waals surface area (Å²) in [7, 11) is -3.88. The summed E-state index contributed by atoms with van der Waals surface area (Å²) in [4.78, 5) is 22.5. The van der Waals surface area contributed by atoms with Crippen LogP contribution in [0.4, 0.5) is 0 Å². The molecular weight excluding hydrogens is 292 g/mol. The molecule has 21 heavy (non-hydrogen) atoms. The summed E-state index contributed by atoms with van der Waals surface area (Å²) in [6, 6.07) is 13.8. The summed E-state index contributed by atoms with van der Waals surface area (Å²) >= 11 is 0. The average Bonchev–Trinajstić information content (AvgIpc) is 2.46. The number of benzene rings is 2. The van der Waals surface area contributed by atoms with E-state index < -0.39 is 21.6 Å². The number of rotatable bonds is 5. The Bertz CT molecular complexity index is 761. The van der Waals surface area contributed by atoms with Crippen LogP contribution in [0, 0.1) is 0 Å². The Hall–Kier alpha value is -2.47. The SMILES string of the molecule is O=C(O)CS(=O)(=O)c1ccc(C(=O)c2ccccc2)cc1. The van der Waals surface area contributed by atoms with Crippen LogP contribution in [0.1, 0.15) is 15.9 Å². The van der Waals surface area contributed by atoms with E-state index in [1.807, 2.05) is 0 Å². The zero-order valence-electron chi connectivity index (χ0n) is 10.9. The van der Waals surface area contributed by atoms with Gasteiger partial charge in [0.05, 0.1) is 4.90 Å². The van der Waals surface area contributed by atoms with Crippen molar-refractivity contribution in [3.8, 4) is 0 Å². The van der Waals surface area contributed by atoms with Crippen molar-refractivity contribution in [3.63, 3.8) is 0 Å². The molecule has 2 rings (SSSR count). The molecular formula is C15H12O5S. The van der Waals surface area contributed by atoms with Crippen molar-refractivity contribution in [2.75, 3.05) is 5.75 Å². The Morgan fingerprint density at radius 2 is 1.38 bits per heavy atom. The molecule has 0 aromatic heterocycles. The summed E-state index contributed by atoms with van der Waals surface area (Å²) < 4.78 is 23.5. The second-order valence-electron chi connectivity index (χ2n) is 4.37. The lowest BCUT2D eigenvalue weighted by Crippen LogP contribution is -2.15. The van der Waals surface area contributed by atoms with E-state index in [1.54, 1.807) is 30.3 Å². The summed E-state index contributed by atoms with van der Waals surface area (Å²) in [6.45, 7) is 0. The molecule has 6 heteroatoms. The number of carbonyl (C=O) groups is 2. The van der Waals surface area contributed by atoms with Crippen LogP contribution < -0.4 is 0 Å². The van der Waals surface area contributed by atoms with Gasteiger partial charge < -0.3 is 5.11 Å². The van der Waals surface area contributed by atoms with E-state index in [4.69, 9.17) is 5.11 Å². The predicted molar refractivity (Wildman–Crippen MR) is 76.0 cm³/mol. The van der Waals surface area contributed by atoms with Crippen LogP contribution in [0.3, 0.4) is 0 Å². The monoisotopic (exact) mass is 304 g/mol. The van der Waals surface area contributed by atoms with Crippen molar-refractivity contribution in [1.29, 1.82) is 0 Å². The first-order chi connectivity index (χ1) is 9.90. The number of hydrogen-bond acceptors (Lipinski definition) is 4. The maximum atomic E-state index is 12.1. The topological polar surface area (TPSA) is 88.5 Å². The van der Waals surface area contributed by atoms with Crippen molar-refractivity contribution in [2.24, 2.45) is 0 Å². The van der Waals surface area contributed by atoms with Crippen molar-refractivity contribution in [2.45, 2.75) is 4.90 Å². The van der Waals surface area contributed by atoms with Gasteiger partial charge >= 0.3 is 5.97 Å². The van der Waals surface area contributed by atoms with E-state index in [2.05, 4.69) is 0 Å². The molecule has 0 aliphatic carbocycles. The smallest absolute Gasteiger partial charge is 0.319 e. The van der Waals surface area contributed by atoms with E-state index in [0.717, 1.165) is 0 Å². The van der Waals surface area contributed by atoms with Gasteiger partial charge in [0.25, 0.3) is 0 Å². The molecule has 5 nitrogen and oxygen atoms in total. The van der Waals surface area contributed by atoms with Gasteiger partial charge in [-0.3, -0.25) is 9.59 Å². The average molecular weight is 304 g/mol. The van der Waals surface area contributed by atoms with Crippen LogP contribution in [0.25, 0.3) is 0 Å². The van der Waals surface area contributed by atoms with Crippen LogP contribution >= 0.6 is 0 Å². The molecule has 2 aromatic carbocycles. The first-order valence-electron chi connectivity index (χ1n) is 6.04. The number of aliphatic carboxylic acids is 1. The van der Waals surface area contributed by atoms with E-state index >= 15 is 0 Å². The van der Waals surface area contributed by atoms with E-state index in [1.165, 1.54) is 24.3 Å². The molecule has 0 aliphatic heterocycles. The Kier molecular flexibility index (Phi) is 4.18. The molecule has 0 atom stereocenters. The summed E-state index contributed by atoms with van der Waals surface area (Å²) in [6.07, 6.45) is 0. The highest BCUT2D eigenvalue weighted by Gasteiger charge is 2.19. The van der Waals surface area contributed by atoms with Gasteiger partial charge in [0.2, 0.25) is 0 Å². The number of ketones is 1. The minimum atomic E-state index is -3.88. The third kappa shape index (κ3) is 3.55. The van der Waals surface area contributed by atoms with Crippen LogP contribution in [0.2, 0.25) is 0 Å². The minimum absolute atomic E-state index is 0.116. The number of carboxylic acid groups (broad SMARTS) is 1. The maximum absolute atomic E-state index is 12.1. The third-order valence-electron chi connectivity index (χ3n) is 2.83. The molecule has 0 saturated carbocycles. The molecule has 0 amide bonds. The number of carbonyl (C=O) groups excluding carboxylic acids is 1. The third-order valence-corrected chi connectivity index (χ3v) is 4.44. The maximum Gasteiger partial charge on any atom is 0.319 e. The van der Waals surface area contributed by atoms with Crippen molar-refractivity contribution in [3.05, 3.63) is 65.7 Å². The highest BCUT2D eigenvalue weighted by molar-refractivity contribution is 7.92. The lowest BCUT2D eigenvalue weighted by Gasteiger charge is -2.04. The zero-order valence-corrected chi connectivity index (χ0v) is 11.7. The Morgan fingerprint density at radius 3 is 1.90 bits per heavy atom. The van der Waals surface area contributed by atoms with Gasteiger partial charge in [-0.1, -0.05) is 30.3 Å². The molecule has 0 spiro atoms. The van der Waals surface area contributed by atoms with Gasteiger partial charge in [-0.15, -0.1) is 0 Å². The fourth-order valence-electron chi connectivity index (χ4n) is 1.82. The van der Waals surface area contributed by atoms with Crippen LogP contribution in [-0.2, 0) is 14.6 Å². The van der Waals surface area contributed by atoms with Gasteiger partial charge in [-0.25, -0.2) is 8.42 Å². The van der Waals surface area contributed by atoms with Gasteiger partial charge in [-0.05, 0) is 24.3 Å². The quantitative estimate of drug-likeness (QED) is 0.851. The largest absolute Gasteiger partial charge is 0.480 e. The number of carboxylic acids is 1. The van der Waals surface area contributed by atoms with Gasteiger partial charge in [0.15, 0.2) is 21.4 Å². The van der Waals surface area contributed by atoms with Crippen molar-refractivity contribution < 1.29 is 23.1 Å². The van der Waals surface area contributed by atoms with Crippen LogP contribution in [-0.4, -0.2) is 31.0 Å². The van der Waals surface area contributed by atoms with Crippen LogP contribution in [0.5, 0.6) is 0 Å². The fraction of sp³-hybridized carbons (Fsp3) is 0.0667. The molecule has 108 valence electrons. The zero-order chi connectivity index (χ0) is 15.5. The Morgan fingerprint density at radius 1 is 0.857 bits per heavy atom. The molecule has 0 saturated heterocycles. The molecule has 0 bridgehead atoms. The first kappa shape index (κ1) is 14.9. The number of sulfone groups is 1. The molecule has 0 heterocycles. The van der Waals surface area contributed by atoms with Gasteiger partial charge in [-0.2, -0.15) is 0 Å². The van der Waals surface area contributed by atoms with E-state index in [9.17, 15) is 18.0 Å². The molecule has 0 aliphatic rings. The summed E-state index contributed by atoms with van der Waals surface area (Å²) in [5.41, 5.74) is 0.842. The second-order valence-corrected chi connectivity index (χ2v) is 6.36. The van der Waals surface area contributed by atoms with Crippen molar-refractivity contribution in [1.82, 2.24) is 0 Å². The van der Waals surface area contributed by atoms with E-state index in [-0.39, 0.29) is 10.7 Å². The highest BCUT2D eigenvalue weighted by Crippen LogP contribution is 2.15. The Balaban J connectivity index is 2.28. The Labute approximate surface area is 121 Å². The molecule has 0 radical (unpaired) electrons. The molecule has 1 N–H and O–H groups in total. The van der Waals surface area contributed by atoms with Crippen LogP contribution in [0.15, 0.2) is 59.5 Å². The normalized spacial score (nSPS) is 11.0. The first-order valence-corrected chi connectivity index (χ1v) is 7.70. The molecule has 0 fully saturated rings. The predicted octanol–water partition coefficient (Wildman–Crippen LogP) is 1.78. The summed E-state index contributed by atoms with van der Waals surface area (Å²) in [5.74, 6) is -2.61. The van der Waals surface area contributed by atoms with Crippen molar-refractivity contribution >= 4 is 21.6 Å². The highest BCUT2D eigenvalue weighted by atomic mass is 32.2. The molecule has 0 unspecified atom stereocenters. The standard InChI is InChI=1S/C15H12O5S/c16-14(17)10-21(19,20)13-8-6-12(7-9-13)15(18)11-4-2-1-3-5-11/h1-9H,10H2,(H,16,17). The summed E-state index contributed by atoms with van der Waals surface area (Å²) in [5, 5.41) is 8.57. The van der Waals surface area contributed by atoms with E-state index in [0.29, 0.717) is 11.1 Å². The van der Waals surface area contributed by atoms with Gasteiger partial charge in [0.1, 0.15) is 0 Å². The number of hydrogen-bond donors (Lipinski definition) is 1. The van der Waals surface area contributed by atoms with Gasteiger partial charge in [0, 0.05) is 11.1 Å². The minimum Gasteiger partial charge on any atom is -0.480 e. The fourth-order valence-corrected chi connectivity index (χ4v) is 2.86.